The van der Waals surface area contributed by atoms with Crippen LogP contribution in [-0.4, -0.2) is 58.4 Å². The van der Waals surface area contributed by atoms with Gasteiger partial charge in [0.2, 0.25) is 0 Å². The van der Waals surface area contributed by atoms with Crippen LogP contribution in [0.5, 0.6) is 0 Å². The molecule has 1 N–H and O–H groups in total. The van der Waals surface area contributed by atoms with E-state index in [0.29, 0.717) is 0 Å². The van der Waals surface area contributed by atoms with Gasteiger partial charge in [0.1, 0.15) is 0 Å². The summed E-state index contributed by atoms with van der Waals surface area (Å²) in [6.45, 7) is 5.42. The van der Waals surface area contributed by atoms with Crippen molar-refractivity contribution in [2.24, 2.45) is 3.21 Å². The number of rotatable bonds is 4. The number of benzene rings is 2. The van der Waals surface area contributed by atoms with Crippen molar-refractivity contribution < 1.29 is 4.74 Å². The summed E-state index contributed by atoms with van der Waals surface area (Å²) < 4.78 is 11.9. The van der Waals surface area contributed by atoms with Crippen LogP contribution in [0.4, 0.5) is 17.2 Å². The van der Waals surface area contributed by atoms with Crippen molar-refractivity contribution in [3.8, 4) is 0 Å². The third kappa shape index (κ3) is 4.02. The first-order valence-electron chi connectivity index (χ1n) is 9.87. The fourth-order valence-corrected chi connectivity index (χ4v) is 6.45. The van der Waals surface area contributed by atoms with Crippen LogP contribution in [0.2, 0.25) is 0 Å². The van der Waals surface area contributed by atoms with E-state index in [9.17, 15) is 0 Å². The Hall–Kier alpha value is -2.38. The van der Waals surface area contributed by atoms with Gasteiger partial charge in [0.15, 0.2) is 0 Å². The van der Waals surface area contributed by atoms with E-state index in [4.69, 9.17) is 7.95 Å². The van der Waals surface area contributed by atoms with Crippen molar-refractivity contribution >= 4 is 47.9 Å². The Morgan fingerprint density at radius 3 is 2.72 bits per heavy atom. The van der Waals surface area contributed by atoms with Gasteiger partial charge in [0, 0.05) is 0 Å². The molecule has 1 fully saturated rings. The summed E-state index contributed by atoms with van der Waals surface area (Å²) in [5.41, 5.74) is 7.02. The number of hydrogen-bond donors (Lipinski definition) is 1. The first-order chi connectivity index (χ1) is 14.3. The van der Waals surface area contributed by atoms with E-state index in [1.807, 2.05) is 6.20 Å². The zero-order chi connectivity index (χ0) is 19.6. The van der Waals surface area contributed by atoms with Crippen molar-refractivity contribution in [3.63, 3.8) is 0 Å². The standard InChI is InChI=1S/C23H22N4O.Sn/c1-17-4-2-6-20(14-17)26-21-7-3-5-18(15-21)23(24)19-8-9-25-22(16-19)27-10-12-28-13-11-27;/h2-4,6-9,14-16,26H,10-13H2,1H3;/q-1;+1. The monoisotopic (exact) mass is 490 g/mol. The maximum absolute atomic E-state index is 5.47. The molecule has 5 nitrogen and oxygen atoms in total. The van der Waals surface area contributed by atoms with Crippen LogP contribution in [0, 0.1) is 6.92 Å². The second-order valence-electron chi connectivity index (χ2n) is 7.33. The summed E-state index contributed by atoms with van der Waals surface area (Å²) in [5.74, 6) is 1.02. The van der Waals surface area contributed by atoms with Gasteiger partial charge in [-0.05, 0) is 0 Å². The van der Waals surface area contributed by atoms with Crippen LogP contribution < -0.4 is 13.8 Å². The summed E-state index contributed by atoms with van der Waals surface area (Å²) in [6, 6.07) is 19.4. The van der Waals surface area contributed by atoms with Gasteiger partial charge in [0.05, 0.1) is 0 Å². The number of anilines is 3. The van der Waals surface area contributed by atoms with Gasteiger partial charge in [-0.3, -0.25) is 0 Å². The number of ether oxygens (including phenoxy) is 1. The number of pyridine rings is 1. The number of nitrogens with zero attached hydrogens (tertiary/aromatic N) is 3. The molecule has 0 saturated carbocycles. The molecule has 3 heterocycles. The van der Waals surface area contributed by atoms with E-state index in [1.54, 1.807) is 0 Å². The minimum atomic E-state index is -0.924. The summed E-state index contributed by atoms with van der Waals surface area (Å²) >= 11 is -0.924. The number of fused-ring (bicyclic) bond motifs is 1. The molecule has 0 amide bonds. The molecule has 0 spiro atoms. The van der Waals surface area contributed by atoms with Crippen molar-refractivity contribution in [2.45, 2.75) is 6.92 Å². The van der Waals surface area contributed by atoms with Crippen LogP contribution in [0.3, 0.4) is 0 Å². The number of aromatic nitrogens is 1. The van der Waals surface area contributed by atoms with Crippen molar-refractivity contribution in [1.82, 2.24) is 4.98 Å². The summed E-state index contributed by atoms with van der Waals surface area (Å²) in [4.78, 5) is 6.88. The molecule has 2 aliphatic rings. The van der Waals surface area contributed by atoms with Gasteiger partial charge < -0.3 is 0 Å². The molecule has 29 heavy (non-hydrogen) atoms. The van der Waals surface area contributed by atoms with E-state index >= 15 is 0 Å². The predicted octanol–water partition coefficient (Wildman–Crippen LogP) is 3.07. The zero-order valence-corrected chi connectivity index (χ0v) is 19.2. The van der Waals surface area contributed by atoms with E-state index < -0.39 is 21.4 Å². The zero-order valence-electron chi connectivity index (χ0n) is 16.4. The van der Waals surface area contributed by atoms with Crippen LogP contribution in [0.25, 0.3) is 0 Å². The van der Waals surface area contributed by atoms with Gasteiger partial charge >= 0.3 is 182 Å². The predicted molar refractivity (Wildman–Crippen MR) is 119 cm³/mol. The van der Waals surface area contributed by atoms with Crippen LogP contribution in [0.1, 0.15) is 16.7 Å². The van der Waals surface area contributed by atoms with Gasteiger partial charge in [-0.15, -0.1) is 0 Å². The fourth-order valence-electron chi connectivity index (χ4n) is 3.73. The molecule has 6 heteroatoms. The Bertz CT molecular complexity index is 1080. The molecule has 2 radical (unpaired) electrons. The molecular formula is C23H22N4OSn. The molecule has 3 aromatic rings. The van der Waals surface area contributed by atoms with Crippen molar-refractivity contribution in [3.05, 3.63) is 77.5 Å². The van der Waals surface area contributed by atoms with Gasteiger partial charge in [0.25, 0.3) is 0 Å². The van der Waals surface area contributed by atoms with Gasteiger partial charge in [-0.2, -0.15) is 0 Å². The number of morpholine rings is 1. The minimum absolute atomic E-state index is 0.762. The van der Waals surface area contributed by atoms with E-state index in [1.165, 1.54) is 14.7 Å². The topological polar surface area (TPSA) is 49.8 Å². The molecule has 0 atom stereocenters. The Morgan fingerprint density at radius 2 is 1.86 bits per heavy atom. The van der Waals surface area contributed by atoms with Crippen LogP contribution in [-0.2, 0) is 4.74 Å². The number of hydrogen-bond acceptors (Lipinski definition) is 5. The second-order valence-corrected chi connectivity index (χ2v) is 10.1. The Kier molecular flexibility index (Phi) is 5.24. The SMILES string of the molecule is Cc1cccc(Nc2cc[c]3c(c2)C(c2ccnc(N4CCOCC4)c2)=[N][Sn]3)c1. The van der Waals surface area contributed by atoms with Crippen molar-refractivity contribution in [1.29, 1.82) is 0 Å². The second kappa shape index (κ2) is 8.16. The van der Waals surface area contributed by atoms with Gasteiger partial charge in [-0.25, -0.2) is 0 Å². The quantitative estimate of drug-likeness (QED) is 0.573. The average Bonchev–Trinajstić information content (AvgIpc) is 3.18. The normalized spacial score (nSPS) is 15.8. The number of nitrogens with one attached hydrogen (secondary N) is 1. The van der Waals surface area contributed by atoms with E-state index in [2.05, 4.69) is 76.7 Å². The summed E-state index contributed by atoms with van der Waals surface area (Å²) in [6.07, 6.45) is 1.90. The Morgan fingerprint density at radius 1 is 1.00 bits per heavy atom. The summed E-state index contributed by atoms with van der Waals surface area (Å²) in [7, 11) is 0. The van der Waals surface area contributed by atoms with Crippen LogP contribution >= 0.6 is 0 Å². The van der Waals surface area contributed by atoms with E-state index in [0.717, 1.165) is 54.8 Å². The first-order valence-corrected chi connectivity index (χ1v) is 12.6. The molecule has 0 aliphatic carbocycles. The molecule has 1 aromatic heterocycles. The summed E-state index contributed by atoms with van der Waals surface area (Å²) in [5, 5.41) is 3.54. The van der Waals surface area contributed by atoms with E-state index in [-0.39, 0.29) is 0 Å². The third-order valence-electron chi connectivity index (χ3n) is 5.22. The average molecular weight is 489 g/mol. The maximum atomic E-state index is 5.47. The molecule has 2 aromatic carbocycles. The first kappa shape index (κ1) is 18.6. The molecule has 0 bridgehead atoms. The molecule has 5 rings (SSSR count). The Balaban J connectivity index is 1.43. The molecule has 0 unspecified atom stereocenters. The van der Waals surface area contributed by atoms with Crippen LogP contribution in [0.15, 0.2) is 64.0 Å². The molecule has 2 aliphatic heterocycles. The number of aryl methyl sites for hydroxylation is 1. The Labute approximate surface area is 181 Å². The fraction of sp³-hybridized carbons (Fsp3) is 0.217. The molecule has 144 valence electrons. The molecular weight excluding hydrogens is 467 g/mol. The van der Waals surface area contributed by atoms with Gasteiger partial charge in [-0.1, -0.05) is 0 Å². The molecule has 1 saturated heterocycles. The van der Waals surface area contributed by atoms with Crippen molar-refractivity contribution in [2.75, 3.05) is 36.5 Å². The third-order valence-corrected chi connectivity index (χ3v) is 8.11.